The first-order chi connectivity index (χ1) is 8.54. The summed E-state index contributed by atoms with van der Waals surface area (Å²) < 4.78 is 0. The predicted molar refractivity (Wildman–Crippen MR) is 71.8 cm³/mol. The van der Waals surface area contributed by atoms with Crippen molar-refractivity contribution < 1.29 is 9.90 Å². The van der Waals surface area contributed by atoms with E-state index < -0.39 is 11.2 Å². The minimum Gasteiger partial charge on any atom is -0.549 e. The second-order valence-corrected chi connectivity index (χ2v) is 6.37. The van der Waals surface area contributed by atoms with Crippen molar-refractivity contribution in [2.75, 3.05) is 0 Å². The second-order valence-electron chi connectivity index (χ2n) is 3.98. The normalized spacial score (nSPS) is 12.8. The molecule has 1 unspecified atom stereocenters. The number of carboxylic acid groups (broad SMARTS) is 1. The number of aliphatic carboxylic acids is 1. The summed E-state index contributed by atoms with van der Waals surface area (Å²) in [6.07, 6.45) is 2.00. The van der Waals surface area contributed by atoms with Gasteiger partial charge in [-0.1, -0.05) is 18.7 Å². The van der Waals surface area contributed by atoms with Crippen LogP contribution in [0.2, 0.25) is 0 Å². The van der Waals surface area contributed by atoms with Crippen LogP contribution in [-0.4, -0.2) is 21.2 Å². The number of hydrogen-bond acceptors (Lipinski definition) is 6. The maximum absolute atomic E-state index is 11.0. The molecule has 6 heteroatoms. The summed E-state index contributed by atoms with van der Waals surface area (Å²) >= 11 is 2.86. The molecule has 0 aliphatic rings. The Hall–Kier alpha value is -1.14. The van der Waals surface area contributed by atoms with Crippen molar-refractivity contribution in [1.29, 1.82) is 0 Å². The molecule has 0 saturated carbocycles. The standard InChI is InChI=1S/C12H14N2O2S2/c1-4-8(12(15)16)18-11-9-6(2)7(3)17-10(9)13-5-14-11/h5,8H,4H2,1-3H3,(H,15,16)/p-1. The Balaban J connectivity index is 2.47. The second kappa shape index (κ2) is 5.24. The number of carbonyl (C=O) groups excluding carboxylic acids is 1. The van der Waals surface area contributed by atoms with Crippen molar-refractivity contribution in [2.24, 2.45) is 0 Å². The van der Waals surface area contributed by atoms with E-state index in [1.165, 1.54) is 23.0 Å². The highest BCUT2D eigenvalue weighted by Gasteiger charge is 2.16. The zero-order valence-electron chi connectivity index (χ0n) is 10.4. The highest BCUT2D eigenvalue weighted by molar-refractivity contribution is 8.00. The predicted octanol–water partition coefficient (Wildman–Crippen LogP) is 1.93. The number of carboxylic acids is 1. The average molecular weight is 281 g/mol. The van der Waals surface area contributed by atoms with E-state index in [9.17, 15) is 9.90 Å². The number of fused-ring (bicyclic) bond motifs is 1. The molecule has 2 rings (SSSR count). The fourth-order valence-electron chi connectivity index (χ4n) is 1.67. The number of nitrogens with zero attached hydrogens (tertiary/aromatic N) is 2. The Morgan fingerprint density at radius 3 is 2.83 bits per heavy atom. The zero-order valence-corrected chi connectivity index (χ0v) is 12.0. The summed E-state index contributed by atoms with van der Waals surface area (Å²) in [5.41, 5.74) is 1.13. The SMILES string of the molecule is CCC(Sc1ncnc2sc(C)c(C)c12)C(=O)[O-]. The third-order valence-corrected chi connectivity index (χ3v) is 5.28. The van der Waals surface area contributed by atoms with E-state index in [1.54, 1.807) is 11.3 Å². The quantitative estimate of drug-likeness (QED) is 0.633. The van der Waals surface area contributed by atoms with Crippen molar-refractivity contribution in [1.82, 2.24) is 9.97 Å². The number of carbonyl (C=O) groups is 1. The van der Waals surface area contributed by atoms with Crippen LogP contribution in [0.25, 0.3) is 10.2 Å². The van der Waals surface area contributed by atoms with Gasteiger partial charge in [0.05, 0.1) is 11.2 Å². The molecule has 18 heavy (non-hydrogen) atoms. The van der Waals surface area contributed by atoms with Gasteiger partial charge in [-0.15, -0.1) is 11.3 Å². The molecule has 0 N–H and O–H groups in total. The van der Waals surface area contributed by atoms with Crippen LogP contribution in [0.4, 0.5) is 0 Å². The maximum atomic E-state index is 11.0. The number of rotatable bonds is 4. The monoisotopic (exact) mass is 281 g/mol. The minimum atomic E-state index is -1.04. The topological polar surface area (TPSA) is 65.9 Å². The molecule has 0 aliphatic carbocycles. The van der Waals surface area contributed by atoms with Crippen molar-refractivity contribution in [3.05, 3.63) is 16.8 Å². The van der Waals surface area contributed by atoms with Gasteiger partial charge >= 0.3 is 0 Å². The molecule has 4 nitrogen and oxygen atoms in total. The van der Waals surface area contributed by atoms with Crippen LogP contribution in [0.5, 0.6) is 0 Å². The highest BCUT2D eigenvalue weighted by atomic mass is 32.2. The fourth-order valence-corrected chi connectivity index (χ4v) is 3.74. The third-order valence-electron chi connectivity index (χ3n) is 2.82. The summed E-state index contributed by atoms with van der Waals surface area (Å²) in [6.45, 7) is 5.88. The van der Waals surface area contributed by atoms with Gasteiger partial charge in [0.2, 0.25) is 0 Å². The lowest BCUT2D eigenvalue weighted by Crippen LogP contribution is -2.33. The van der Waals surface area contributed by atoms with Crippen molar-refractivity contribution in [3.8, 4) is 0 Å². The number of aryl methyl sites for hydroxylation is 2. The maximum Gasteiger partial charge on any atom is 0.128 e. The Labute approximate surface area is 113 Å². The van der Waals surface area contributed by atoms with Gasteiger partial charge in [0.15, 0.2) is 0 Å². The molecule has 2 aromatic rings. The Bertz CT molecular complexity index is 595. The van der Waals surface area contributed by atoms with E-state index in [0.717, 1.165) is 20.8 Å². The average Bonchev–Trinajstić information content (AvgIpc) is 2.62. The van der Waals surface area contributed by atoms with Gasteiger partial charge in [0.1, 0.15) is 16.2 Å². The molecule has 0 aromatic carbocycles. The van der Waals surface area contributed by atoms with Crippen LogP contribution in [0.15, 0.2) is 11.4 Å². The number of thioether (sulfide) groups is 1. The lowest BCUT2D eigenvalue weighted by atomic mass is 10.2. The van der Waals surface area contributed by atoms with Gasteiger partial charge in [-0.05, 0) is 25.8 Å². The van der Waals surface area contributed by atoms with Gasteiger partial charge < -0.3 is 9.90 Å². The van der Waals surface area contributed by atoms with E-state index >= 15 is 0 Å². The Morgan fingerprint density at radius 2 is 2.22 bits per heavy atom. The number of aromatic nitrogens is 2. The van der Waals surface area contributed by atoms with Crippen LogP contribution >= 0.6 is 23.1 Å². The summed E-state index contributed by atoms with van der Waals surface area (Å²) in [5.74, 6) is -1.04. The molecule has 0 bridgehead atoms. The Kier molecular flexibility index (Phi) is 3.87. The molecule has 96 valence electrons. The van der Waals surface area contributed by atoms with Gasteiger partial charge in [0, 0.05) is 10.3 Å². The van der Waals surface area contributed by atoms with Gasteiger partial charge in [-0.2, -0.15) is 0 Å². The summed E-state index contributed by atoms with van der Waals surface area (Å²) in [6, 6.07) is 0. The molecule has 0 aliphatic heterocycles. The van der Waals surface area contributed by atoms with E-state index in [0.29, 0.717) is 6.42 Å². The third kappa shape index (κ3) is 2.35. The van der Waals surface area contributed by atoms with E-state index in [2.05, 4.69) is 9.97 Å². The lowest BCUT2D eigenvalue weighted by Gasteiger charge is -2.15. The van der Waals surface area contributed by atoms with E-state index in [1.807, 2.05) is 20.8 Å². The smallest absolute Gasteiger partial charge is 0.128 e. The van der Waals surface area contributed by atoms with Crippen LogP contribution in [-0.2, 0) is 4.79 Å². The Morgan fingerprint density at radius 1 is 1.50 bits per heavy atom. The summed E-state index contributed by atoms with van der Waals surface area (Å²) in [4.78, 5) is 21.5. The van der Waals surface area contributed by atoms with Crippen LogP contribution in [0, 0.1) is 13.8 Å². The van der Waals surface area contributed by atoms with Crippen LogP contribution in [0.1, 0.15) is 23.8 Å². The lowest BCUT2D eigenvalue weighted by molar-refractivity contribution is -0.304. The van der Waals surface area contributed by atoms with Gasteiger partial charge in [-0.3, -0.25) is 0 Å². The van der Waals surface area contributed by atoms with Crippen LogP contribution in [0.3, 0.4) is 0 Å². The largest absolute Gasteiger partial charge is 0.549 e. The van der Waals surface area contributed by atoms with Crippen molar-refractivity contribution >= 4 is 39.3 Å². The summed E-state index contributed by atoms with van der Waals surface area (Å²) in [7, 11) is 0. The molecule has 2 aromatic heterocycles. The molecule has 0 saturated heterocycles. The van der Waals surface area contributed by atoms with E-state index in [-0.39, 0.29) is 0 Å². The first-order valence-electron chi connectivity index (χ1n) is 5.62. The summed E-state index contributed by atoms with van der Waals surface area (Å²) in [5, 5.41) is 12.1. The van der Waals surface area contributed by atoms with Gasteiger partial charge in [0.25, 0.3) is 0 Å². The molecule has 0 radical (unpaired) electrons. The molecule has 2 heterocycles. The molecule has 0 fully saturated rings. The molecular formula is C12H13N2O2S2-. The van der Waals surface area contributed by atoms with Crippen molar-refractivity contribution in [3.63, 3.8) is 0 Å². The molecular weight excluding hydrogens is 268 g/mol. The molecule has 0 amide bonds. The molecule has 0 spiro atoms. The minimum absolute atomic E-state index is 0.515. The first kappa shape index (κ1) is 13.3. The van der Waals surface area contributed by atoms with E-state index in [4.69, 9.17) is 0 Å². The number of thiophene rings is 1. The zero-order chi connectivity index (χ0) is 13.3. The molecule has 1 atom stereocenters. The van der Waals surface area contributed by atoms with Gasteiger partial charge in [-0.25, -0.2) is 9.97 Å². The number of hydrogen-bond donors (Lipinski definition) is 0. The van der Waals surface area contributed by atoms with Crippen LogP contribution < -0.4 is 5.11 Å². The first-order valence-corrected chi connectivity index (χ1v) is 7.32. The highest BCUT2D eigenvalue weighted by Crippen LogP contribution is 2.36. The fraction of sp³-hybridized carbons (Fsp3) is 0.417. The van der Waals surface area contributed by atoms with Crippen molar-refractivity contribution in [2.45, 2.75) is 37.5 Å².